The number of morpholine rings is 1. The lowest BCUT2D eigenvalue weighted by molar-refractivity contribution is -0.00834. The third-order valence-corrected chi connectivity index (χ3v) is 4.92. The van der Waals surface area contributed by atoms with Crippen LogP contribution in [-0.4, -0.2) is 66.1 Å². The molecule has 0 amide bonds. The highest BCUT2D eigenvalue weighted by Crippen LogP contribution is 2.15. The van der Waals surface area contributed by atoms with E-state index in [0.717, 1.165) is 44.5 Å². The summed E-state index contributed by atoms with van der Waals surface area (Å²) in [5, 5.41) is 11.1. The molecule has 0 atom stereocenters. The molecule has 0 aliphatic carbocycles. The van der Waals surface area contributed by atoms with Gasteiger partial charge in [-0.05, 0) is 37.6 Å². The van der Waals surface area contributed by atoms with Gasteiger partial charge < -0.3 is 15.4 Å². The molecule has 0 radical (unpaired) electrons. The molecule has 28 heavy (non-hydrogen) atoms. The second-order valence-electron chi connectivity index (χ2n) is 7.31. The number of nitrogens with one attached hydrogen (secondary N) is 2. The van der Waals surface area contributed by atoms with Crippen LogP contribution in [0, 0.1) is 0 Å². The summed E-state index contributed by atoms with van der Waals surface area (Å²) in [6.07, 6.45) is 3.73. The van der Waals surface area contributed by atoms with Crippen LogP contribution in [0.4, 0.5) is 0 Å². The molecule has 0 unspecified atom stereocenters. The summed E-state index contributed by atoms with van der Waals surface area (Å²) >= 11 is 0. The number of hydrogen-bond donors (Lipinski definition) is 2. The van der Waals surface area contributed by atoms with E-state index in [4.69, 9.17) is 4.74 Å². The number of ether oxygens (including phenoxy) is 1. The molecule has 1 fully saturated rings. The average molecular weight is 498 g/mol. The van der Waals surface area contributed by atoms with Crippen molar-refractivity contribution >= 4 is 29.9 Å². The van der Waals surface area contributed by atoms with Crippen molar-refractivity contribution in [1.29, 1.82) is 0 Å². The Kier molecular flexibility index (Phi) is 8.71. The van der Waals surface area contributed by atoms with Crippen molar-refractivity contribution in [2.24, 2.45) is 4.99 Å². The van der Waals surface area contributed by atoms with Gasteiger partial charge in [0, 0.05) is 51.2 Å². The molecule has 1 aromatic heterocycles. The number of rotatable bonds is 6. The predicted molar refractivity (Wildman–Crippen MR) is 124 cm³/mol. The summed E-state index contributed by atoms with van der Waals surface area (Å²) in [6.45, 7) is 9.60. The van der Waals surface area contributed by atoms with Crippen LogP contribution in [0.2, 0.25) is 0 Å². The minimum absolute atomic E-state index is 0. The van der Waals surface area contributed by atoms with Crippen molar-refractivity contribution < 1.29 is 4.74 Å². The molecule has 7 nitrogen and oxygen atoms in total. The molecule has 8 heteroatoms. The Hall–Kier alpha value is -1.65. The third kappa shape index (κ3) is 6.18. The Morgan fingerprint density at radius 2 is 2.00 bits per heavy atom. The van der Waals surface area contributed by atoms with Gasteiger partial charge in [0.2, 0.25) is 0 Å². The molecule has 0 saturated carbocycles. The van der Waals surface area contributed by atoms with Gasteiger partial charge in [-0.15, -0.1) is 24.0 Å². The molecule has 2 aromatic rings. The second kappa shape index (κ2) is 10.8. The fourth-order valence-corrected chi connectivity index (χ4v) is 3.22. The van der Waals surface area contributed by atoms with Gasteiger partial charge >= 0.3 is 0 Å². The van der Waals surface area contributed by atoms with Crippen molar-refractivity contribution in [2.45, 2.75) is 25.9 Å². The highest BCUT2D eigenvalue weighted by atomic mass is 127. The number of aliphatic imine (C=N–C) groups is 1. The number of benzene rings is 1. The molecule has 154 valence electrons. The predicted octanol–water partition coefficient (Wildman–Crippen LogP) is 2.27. The minimum Gasteiger partial charge on any atom is -0.379 e. The van der Waals surface area contributed by atoms with Crippen LogP contribution in [0.5, 0.6) is 0 Å². The molecule has 2 heterocycles. The van der Waals surface area contributed by atoms with Gasteiger partial charge in [0.15, 0.2) is 5.96 Å². The summed E-state index contributed by atoms with van der Waals surface area (Å²) < 4.78 is 7.32. The highest BCUT2D eigenvalue weighted by molar-refractivity contribution is 14.0. The van der Waals surface area contributed by atoms with Crippen LogP contribution in [-0.2, 0) is 11.3 Å². The van der Waals surface area contributed by atoms with Crippen LogP contribution in [0.3, 0.4) is 0 Å². The smallest absolute Gasteiger partial charge is 0.191 e. The zero-order chi connectivity index (χ0) is 19.1. The Morgan fingerprint density at radius 1 is 1.21 bits per heavy atom. The Balaban J connectivity index is 0.00000280. The first-order valence-electron chi connectivity index (χ1n) is 9.45. The van der Waals surface area contributed by atoms with E-state index in [1.165, 1.54) is 5.56 Å². The van der Waals surface area contributed by atoms with Crippen molar-refractivity contribution in [3.63, 3.8) is 0 Å². The molecule has 0 bridgehead atoms. The molecule has 0 spiro atoms. The Bertz CT molecular complexity index is 741. The van der Waals surface area contributed by atoms with Crippen LogP contribution < -0.4 is 10.6 Å². The van der Waals surface area contributed by atoms with Crippen molar-refractivity contribution in [3.8, 4) is 5.69 Å². The molecular formula is C20H31IN6O. The summed E-state index contributed by atoms with van der Waals surface area (Å²) in [5.41, 5.74) is 2.27. The lowest BCUT2D eigenvalue weighted by Crippen LogP contribution is -2.56. The number of nitrogens with zero attached hydrogens (tertiary/aromatic N) is 4. The first kappa shape index (κ1) is 22.6. The summed E-state index contributed by atoms with van der Waals surface area (Å²) in [5.74, 6) is 0.806. The van der Waals surface area contributed by atoms with Crippen LogP contribution in [0.15, 0.2) is 47.7 Å². The minimum atomic E-state index is 0. The summed E-state index contributed by atoms with van der Waals surface area (Å²) in [7, 11) is 1.80. The zero-order valence-electron chi connectivity index (χ0n) is 16.9. The van der Waals surface area contributed by atoms with Crippen LogP contribution in [0.1, 0.15) is 19.4 Å². The normalized spacial score (nSPS) is 15.8. The van der Waals surface area contributed by atoms with E-state index in [1.54, 1.807) is 13.2 Å². The highest BCUT2D eigenvalue weighted by Gasteiger charge is 2.28. The maximum Gasteiger partial charge on any atom is 0.191 e. The van der Waals surface area contributed by atoms with E-state index in [9.17, 15) is 0 Å². The SMILES string of the molecule is CN=C(NCc1cccc(-n2cccn2)c1)NCC(C)(C)N1CCOCC1.I. The van der Waals surface area contributed by atoms with Crippen LogP contribution >= 0.6 is 24.0 Å². The van der Waals surface area contributed by atoms with E-state index < -0.39 is 0 Å². The quantitative estimate of drug-likeness (QED) is 0.364. The molecule has 1 saturated heterocycles. The lowest BCUT2D eigenvalue weighted by Gasteiger charge is -2.41. The fraction of sp³-hybridized carbons (Fsp3) is 0.500. The fourth-order valence-electron chi connectivity index (χ4n) is 3.22. The Morgan fingerprint density at radius 3 is 2.68 bits per heavy atom. The van der Waals surface area contributed by atoms with Crippen molar-refractivity contribution in [3.05, 3.63) is 48.3 Å². The van der Waals surface area contributed by atoms with Crippen molar-refractivity contribution in [2.75, 3.05) is 39.9 Å². The molecule has 1 aliphatic heterocycles. The van der Waals surface area contributed by atoms with Gasteiger partial charge in [-0.3, -0.25) is 9.89 Å². The molecular weight excluding hydrogens is 467 g/mol. The van der Waals surface area contributed by atoms with Gasteiger partial charge in [-0.2, -0.15) is 5.10 Å². The zero-order valence-corrected chi connectivity index (χ0v) is 19.2. The Labute approximate surface area is 184 Å². The van der Waals surface area contributed by atoms with E-state index in [2.05, 4.69) is 57.7 Å². The van der Waals surface area contributed by atoms with Gasteiger partial charge in [-0.1, -0.05) is 12.1 Å². The van der Waals surface area contributed by atoms with Crippen molar-refractivity contribution in [1.82, 2.24) is 25.3 Å². The molecule has 2 N–H and O–H groups in total. The third-order valence-electron chi connectivity index (χ3n) is 4.92. The number of hydrogen-bond acceptors (Lipinski definition) is 4. The van der Waals surface area contributed by atoms with Gasteiger partial charge in [0.05, 0.1) is 18.9 Å². The lowest BCUT2D eigenvalue weighted by atomic mass is 10.0. The molecule has 1 aliphatic rings. The van der Waals surface area contributed by atoms with E-state index >= 15 is 0 Å². The maximum absolute atomic E-state index is 5.46. The number of aromatic nitrogens is 2. The maximum atomic E-state index is 5.46. The summed E-state index contributed by atoms with van der Waals surface area (Å²) in [6, 6.07) is 10.3. The molecule has 1 aromatic carbocycles. The van der Waals surface area contributed by atoms with E-state index in [-0.39, 0.29) is 29.5 Å². The van der Waals surface area contributed by atoms with Gasteiger partial charge in [-0.25, -0.2) is 4.68 Å². The van der Waals surface area contributed by atoms with E-state index in [1.807, 2.05) is 23.0 Å². The van der Waals surface area contributed by atoms with Gasteiger partial charge in [0.25, 0.3) is 0 Å². The van der Waals surface area contributed by atoms with Gasteiger partial charge in [0.1, 0.15) is 0 Å². The first-order chi connectivity index (χ1) is 13.1. The van der Waals surface area contributed by atoms with Crippen LogP contribution in [0.25, 0.3) is 5.69 Å². The standard InChI is InChI=1S/C20H30N6O.HI/c1-20(2,25-10-12-27-13-11-25)16-23-19(21-3)22-15-17-6-4-7-18(14-17)26-9-5-8-24-26;/h4-9,14H,10-13,15-16H2,1-3H3,(H2,21,22,23);1H. The first-order valence-corrected chi connectivity index (χ1v) is 9.45. The average Bonchev–Trinajstić information content (AvgIpc) is 3.24. The number of halogens is 1. The topological polar surface area (TPSA) is 66.7 Å². The largest absolute Gasteiger partial charge is 0.379 e. The molecule has 3 rings (SSSR count). The van der Waals surface area contributed by atoms with E-state index in [0.29, 0.717) is 6.54 Å². The number of guanidine groups is 1. The monoisotopic (exact) mass is 498 g/mol. The second-order valence-corrected chi connectivity index (χ2v) is 7.31. The summed E-state index contributed by atoms with van der Waals surface area (Å²) in [4.78, 5) is 6.82.